The molecule has 106 valence electrons. The van der Waals surface area contributed by atoms with Crippen LogP contribution in [0.2, 0.25) is 0 Å². The molecule has 1 aromatic heterocycles. The van der Waals surface area contributed by atoms with Crippen LogP contribution in [-0.2, 0) is 7.05 Å². The average molecular weight is 273 g/mol. The molecule has 0 aliphatic carbocycles. The number of hydrogen-bond donors (Lipinski definition) is 1. The summed E-state index contributed by atoms with van der Waals surface area (Å²) in [5, 5.41) is 13.0. The summed E-state index contributed by atoms with van der Waals surface area (Å²) in [4.78, 5) is 13.2. The van der Waals surface area contributed by atoms with E-state index in [1.54, 1.807) is 17.8 Å². The molecule has 0 aliphatic rings. The fourth-order valence-corrected chi connectivity index (χ4v) is 2.27. The van der Waals surface area contributed by atoms with Crippen LogP contribution in [0, 0.1) is 0 Å². The molecule has 5 nitrogen and oxygen atoms in total. The monoisotopic (exact) mass is 273 g/mol. The molecule has 0 saturated carbocycles. The molecule has 0 saturated heterocycles. The van der Waals surface area contributed by atoms with Crippen LogP contribution in [0.1, 0.15) is 24.3 Å². The van der Waals surface area contributed by atoms with Crippen molar-refractivity contribution >= 4 is 11.7 Å². The van der Waals surface area contributed by atoms with Gasteiger partial charge >= 0.3 is 5.97 Å². The summed E-state index contributed by atoms with van der Waals surface area (Å²) in [6, 6.07) is 9.69. The van der Waals surface area contributed by atoms with Gasteiger partial charge in [-0.05, 0) is 37.6 Å². The Morgan fingerprint density at radius 3 is 2.30 bits per heavy atom. The van der Waals surface area contributed by atoms with Crippen molar-refractivity contribution < 1.29 is 9.90 Å². The highest BCUT2D eigenvalue weighted by atomic mass is 16.4. The Morgan fingerprint density at radius 2 is 1.85 bits per heavy atom. The number of carbonyl (C=O) groups is 1. The number of rotatable bonds is 5. The number of carboxylic acids is 1. The van der Waals surface area contributed by atoms with Gasteiger partial charge in [-0.3, -0.25) is 4.68 Å². The van der Waals surface area contributed by atoms with E-state index in [4.69, 9.17) is 5.11 Å². The maximum absolute atomic E-state index is 10.9. The first-order chi connectivity index (χ1) is 9.56. The molecule has 1 heterocycles. The van der Waals surface area contributed by atoms with Crippen molar-refractivity contribution in [2.45, 2.75) is 13.8 Å². The van der Waals surface area contributed by atoms with E-state index in [-0.39, 0.29) is 5.69 Å². The number of anilines is 1. The van der Waals surface area contributed by atoms with Crippen molar-refractivity contribution in [1.82, 2.24) is 9.78 Å². The molecule has 1 N–H and O–H groups in total. The van der Waals surface area contributed by atoms with E-state index in [0.717, 1.165) is 24.3 Å². The first kappa shape index (κ1) is 14.1. The maximum Gasteiger partial charge on any atom is 0.356 e. The number of carboxylic acid groups (broad SMARTS) is 1. The Morgan fingerprint density at radius 1 is 1.25 bits per heavy atom. The van der Waals surface area contributed by atoms with Crippen LogP contribution in [0.25, 0.3) is 11.3 Å². The first-order valence-electron chi connectivity index (χ1n) is 6.69. The van der Waals surface area contributed by atoms with Gasteiger partial charge in [0.1, 0.15) is 0 Å². The van der Waals surface area contributed by atoms with Gasteiger partial charge in [-0.2, -0.15) is 5.10 Å². The molecule has 0 bridgehead atoms. The summed E-state index contributed by atoms with van der Waals surface area (Å²) in [7, 11) is 1.75. The molecule has 5 heteroatoms. The fourth-order valence-electron chi connectivity index (χ4n) is 2.27. The number of benzene rings is 1. The minimum Gasteiger partial charge on any atom is -0.476 e. The van der Waals surface area contributed by atoms with Crippen LogP contribution < -0.4 is 4.90 Å². The van der Waals surface area contributed by atoms with E-state index in [1.165, 1.54) is 5.69 Å². The van der Waals surface area contributed by atoms with Crippen LogP contribution >= 0.6 is 0 Å². The van der Waals surface area contributed by atoms with Crippen molar-refractivity contribution in [3.05, 3.63) is 36.0 Å². The Hall–Kier alpha value is -2.30. The van der Waals surface area contributed by atoms with Gasteiger partial charge in [0.15, 0.2) is 5.69 Å². The molecule has 0 fully saturated rings. The summed E-state index contributed by atoms with van der Waals surface area (Å²) in [5.41, 5.74) is 2.99. The van der Waals surface area contributed by atoms with Crippen molar-refractivity contribution in [3.8, 4) is 11.3 Å². The van der Waals surface area contributed by atoms with Gasteiger partial charge in [0.05, 0.1) is 5.69 Å². The van der Waals surface area contributed by atoms with E-state index in [0.29, 0.717) is 0 Å². The molecule has 0 spiro atoms. The van der Waals surface area contributed by atoms with E-state index >= 15 is 0 Å². The topological polar surface area (TPSA) is 58.4 Å². The summed E-state index contributed by atoms with van der Waals surface area (Å²) < 4.78 is 1.59. The average Bonchev–Trinajstić information content (AvgIpc) is 2.83. The zero-order valence-corrected chi connectivity index (χ0v) is 12.0. The minimum atomic E-state index is -1.01. The Bertz CT molecular complexity index is 598. The van der Waals surface area contributed by atoms with Crippen LogP contribution in [-0.4, -0.2) is 33.9 Å². The zero-order valence-electron chi connectivity index (χ0n) is 12.0. The number of aromatic carboxylic acids is 1. The number of aromatic nitrogens is 2. The zero-order chi connectivity index (χ0) is 14.7. The molecule has 0 unspecified atom stereocenters. The Labute approximate surface area is 118 Å². The van der Waals surface area contributed by atoms with E-state index < -0.39 is 5.97 Å². The molecule has 0 atom stereocenters. The highest BCUT2D eigenvalue weighted by Crippen LogP contribution is 2.23. The van der Waals surface area contributed by atoms with Crippen LogP contribution in [0.5, 0.6) is 0 Å². The standard InChI is InChI=1S/C15H19N3O2/c1-4-18(5-2)12-8-6-11(7-9-12)14-10-13(15(19)20)16-17(14)3/h6-10H,4-5H2,1-3H3,(H,19,20). The smallest absolute Gasteiger partial charge is 0.356 e. The lowest BCUT2D eigenvalue weighted by molar-refractivity contribution is 0.0689. The van der Waals surface area contributed by atoms with Crippen molar-refractivity contribution in [3.63, 3.8) is 0 Å². The van der Waals surface area contributed by atoms with Gasteiger partial charge in [-0.1, -0.05) is 12.1 Å². The molecule has 20 heavy (non-hydrogen) atoms. The highest BCUT2D eigenvalue weighted by Gasteiger charge is 2.12. The van der Waals surface area contributed by atoms with Crippen molar-refractivity contribution in [1.29, 1.82) is 0 Å². The van der Waals surface area contributed by atoms with Crippen LogP contribution in [0.15, 0.2) is 30.3 Å². The predicted octanol–water partition coefficient (Wildman–Crippen LogP) is 2.63. The van der Waals surface area contributed by atoms with Crippen LogP contribution in [0.4, 0.5) is 5.69 Å². The third-order valence-electron chi connectivity index (χ3n) is 3.39. The minimum absolute atomic E-state index is 0.0651. The SMILES string of the molecule is CCN(CC)c1ccc(-c2cc(C(=O)O)nn2C)cc1. The quantitative estimate of drug-likeness (QED) is 0.909. The second kappa shape index (κ2) is 5.77. The van der Waals surface area contributed by atoms with Crippen molar-refractivity contribution in [2.24, 2.45) is 7.05 Å². The van der Waals surface area contributed by atoms with E-state index in [2.05, 4.69) is 36.0 Å². The molecule has 1 aromatic carbocycles. The molecule has 0 radical (unpaired) electrons. The summed E-state index contributed by atoms with van der Waals surface area (Å²) in [5.74, 6) is -1.01. The Balaban J connectivity index is 2.32. The molecule has 2 aromatic rings. The lowest BCUT2D eigenvalue weighted by atomic mass is 10.1. The van der Waals surface area contributed by atoms with E-state index in [9.17, 15) is 4.79 Å². The highest BCUT2D eigenvalue weighted by molar-refractivity contribution is 5.87. The summed E-state index contributed by atoms with van der Waals surface area (Å²) in [6.45, 7) is 6.17. The second-order valence-electron chi connectivity index (χ2n) is 4.56. The summed E-state index contributed by atoms with van der Waals surface area (Å²) in [6.07, 6.45) is 0. The number of aryl methyl sites for hydroxylation is 1. The molecule has 0 aliphatic heterocycles. The second-order valence-corrected chi connectivity index (χ2v) is 4.56. The third-order valence-corrected chi connectivity index (χ3v) is 3.39. The molecule has 0 amide bonds. The maximum atomic E-state index is 10.9. The molecular formula is C15H19N3O2. The molecular weight excluding hydrogens is 254 g/mol. The number of hydrogen-bond acceptors (Lipinski definition) is 3. The van der Waals surface area contributed by atoms with Gasteiger partial charge in [0, 0.05) is 25.8 Å². The number of nitrogens with zero attached hydrogens (tertiary/aromatic N) is 3. The lowest BCUT2D eigenvalue weighted by Crippen LogP contribution is -2.21. The van der Waals surface area contributed by atoms with Gasteiger partial charge in [-0.15, -0.1) is 0 Å². The van der Waals surface area contributed by atoms with Gasteiger partial charge in [0.25, 0.3) is 0 Å². The lowest BCUT2D eigenvalue weighted by Gasteiger charge is -2.21. The normalized spacial score (nSPS) is 10.6. The third kappa shape index (κ3) is 2.66. The van der Waals surface area contributed by atoms with Crippen LogP contribution in [0.3, 0.4) is 0 Å². The Kier molecular flexibility index (Phi) is 4.08. The van der Waals surface area contributed by atoms with Gasteiger partial charge in [0.2, 0.25) is 0 Å². The molecule has 2 rings (SSSR count). The fraction of sp³-hybridized carbons (Fsp3) is 0.333. The van der Waals surface area contributed by atoms with Gasteiger partial charge < -0.3 is 10.0 Å². The van der Waals surface area contributed by atoms with Crippen molar-refractivity contribution in [2.75, 3.05) is 18.0 Å². The first-order valence-corrected chi connectivity index (χ1v) is 6.69. The predicted molar refractivity (Wildman–Crippen MR) is 79.2 cm³/mol. The van der Waals surface area contributed by atoms with Gasteiger partial charge in [-0.25, -0.2) is 4.79 Å². The largest absolute Gasteiger partial charge is 0.476 e. The van der Waals surface area contributed by atoms with E-state index in [1.807, 2.05) is 12.1 Å². The summed E-state index contributed by atoms with van der Waals surface area (Å²) >= 11 is 0.